The Bertz CT molecular complexity index is 1130. The molecule has 0 aromatic heterocycles. The average Bonchev–Trinajstić information content (AvgIpc) is 2.66. The highest BCUT2D eigenvalue weighted by molar-refractivity contribution is 7.91. The molecule has 5 nitrogen and oxygen atoms in total. The molecule has 0 heterocycles. The predicted molar refractivity (Wildman–Crippen MR) is 111 cm³/mol. The number of hydrogen-bond donors (Lipinski definition) is 0. The van der Waals surface area contributed by atoms with E-state index in [1.807, 2.05) is 4.90 Å². The van der Waals surface area contributed by atoms with Crippen LogP contribution >= 0.6 is 0 Å². The molecule has 0 N–H and O–H groups in total. The highest BCUT2D eigenvalue weighted by Gasteiger charge is 2.14. The Hall–Kier alpha value is -2.71. The van der Waals surface area contributed by atoms with Crippen LogP contribution in [-0.4, -0.2) is 29.3 Å². The third-order valence-corrected chi connectivity index (χ3v) is 6.66. The van der Waals surface area contributed by atoms with E-state index in [4.69, 9.17) is 0 Å². The summed E-state index contributed by atoms with van der Waals surface area (Å²) in [6.07, 6.45) is 2.28. The van der Waals surface area contributed by atoms with Crippen LogP contribution in [-0.2, 0) is 26.2 Å². The van der Waals surface area contributed by atoms with E-state index in [9.17, 15) is 21.2 Å². The molecule has 3 rings (SSSR count). The largest absolute Gasteiger partial charge is 0.337 e. The van der Waals surface area contributed by atoms with Gasteiger partial charge in [0, 0.05) is 30.4 Å². The molecule has 0 atom stereocenters. The quantitative estimate of drug-likeness (QED) is 0.588. The van der Waals surface area contributed by atoms with Gasteiger partial charge < -0.3 is 4.90 Å². The van der Waals surface area contributed by atoms with Gasteiger partial charge in [-0.05, 0) is 66.2 Å². The van der Waals surface area contributed by atoms with Crippen molar-refractivity contribution >= 4 is 31.0 Å². The molecule has 0 bridgehead atoms. The lowest BCUT2D eigenvalue weighted by Gasteiger charge is -2.25. The van der Waals surface area contributed by atoms with Crippen LogP contribution in [0.2, 0.25) is 0 Å². The number of nitrogens with zero attached hydrogens (tertiary/aromatic N) is 1. The molecule has 3 aromatic rings. The molecule has 0 saturated carbocycles. The second-order valence-electron chi connectivity index (χ2n) is 6.74. The molecule has 0 amide bonds. The van der Waals surface area contributed by atoms with Crippen molar-refractivity contribution in [2.24, 2.45) is 0 Å². The van der Waals surface area contributed by atoms with Crippen molar-refractivity contribution in [1.82, 2.24) is 0 Å². The lowest BCUT2D eigenvalue weighted by Crippen LogP contribution is -2.16. The van der Waals surface area contributed by atoms with Gasteiger partial charge in [-0.25, -0.2) is 21.2 Å². The van der Waals surface area contributed by atoms with E-state index < -0.39 is 19.7 Å². The fraction of sp³-hybridized carbons (Fsp3) is 0.143. The third-order valence-electron chi connectivity index (χ3n) is 4.41. The minimum Gasteiger partial charge on any atom is -0.337 e. The summed E-state index contributed by atoms with van der Waals surface area (Å²) in [4.78, 5) is 2.30. The Morgan fingerprint density at radius 2 is 1.03 bits per heavy atom. The SMILES string of the molecule is CS(=O)(=O)c1ccc(N(Cc2ccc(F)cc2)c2ccc(S(C)(=O)=O)cc2)cc1. The highest BCUT2D eigenvalue weighted by Crippen LogP contribution is 2.29. The smallest absolute Gasteiger partial charge is 0.175 e. The molecular weight excluding hydrogens is 413 g/mol. The monoisotopic (exact) mass is 433 g/mol. The summed E-state index contributed by atoms with van der Waals surface area (Å²) in [6.45, 7) is 0.386. The van der Waals surface area contributed by atoms with Crippen LogP contribution in [0, 0.1) is 5.82 Å². The van der Waals surface area contributed by atoms with Crippen LogP contribution in [0.1, 0.15) is 5.56 Å². The van der Waals surface area contributed by atoms with Crippen molar-refractivity contribution in [3.05, 3.63) is 84.2 Å². The number of sulfone groups is 2. The zero-order chi connectivity index (χ0) is 21.2. The lowest BCUT2D eigenvalue weighted by molar-refractivity contribution is 0.600. The van der Waals surface area contributed by atoms with Crippen molar-refractivity contribution < 1.29 is 21.2 Å². The molecule has 3 aromatic carbocycles. The van der Waals surface area contributed by atoms with Crippen LogP contribution in [0.4, 0.5) is 15.8 Å². The Labute approximate surface area is 170 Å². The maximum atomic E-state index is 13.3. The van der Waals surface area contributed by atoms with E-state index in [1.54, 1.807) is 36.4 Å². The minimum atomic E-state index is -3.32. The summed E-state index contributed by atoms with van der Waals surface area (Å²) in [5, 5.41) is 0. The molecule has 0 fully saturated rings. The van der Waals surface area contributed by atoms with Crippen molar-refractivity contribution in [2.75, 3.05) is 17.4 Å². The van der Waals surface area contributed by atoms with Gasteiger partial charge >= 0.3 is 0 Å². The van der Waals surface area contributed by atoms with Crippen molar-refractivity contribution in [2.45, 2.75) is 16.3 Å². The second-order valence-corrected chi connectivity index (χ2v) is 10.8. The number of halogens is 1. The van der Waals surface area contributed by atoms with E-state index in [0.717, 1.165) is 18.1 Å². The Balaban J connectivity index is 2.02. The van der Waals surface area contributed by atoms with E-state index in [2.05, 4.69) is 0 Å². The summed E-state index contributed by atoms with van der Waals surface area (Å²) in [5.41, 5.74) is 2.27. The number of rotatable bonds is 6. The summed E-state index contributed by atoms with van der Waals surface area (Å²) >= 11 is 0. The number of hydrogen-bond acceptors (Lipinski definition) is 5. The third kappa shape index (κ3) is 5.21. The van der Waals surface area contributed by atoms with Gasteiger partial charge in [-0.15, -0.1) is 0 Å². The van der Waals surface area contributed by atoms with Crippen LogP contribution < -0.4 is 4.90 Å². The fourth-order valence-corrected chi connectivity index (χ4v) is 4.11. The molecule has 0 saturated heterocycles. The number of benzene rings is 3. The zero-order valence-electron chi connectivity index (χ0n) is 15.9. The predicted octanol–water partition coefficient (Wildman–Crippen LogP) is 3.97. The van der Waals surface area contributed by atoms with Crippen molar-refractivity contribution in [1.29, 1.82) is 0 Å². The molecule has 0 spiro atoms. The molecule has 0 unspecified atom stereocenters. The van der Waals surface area contributed by atoms with Crippen LogP contribution in [0.5, 0.6) is 0 Å². The van der Waals surface area contributed by atoms with Gasteiger partial charge in [-0.1, -0.05) is 12.1 Å². The molecule has 29 heavy (non-hydrogen) atoms. The zero-order valence-corrected chi connectivity index (χ0v) is 17.5. The standard InChI is InChI=1S/C21H20FNO4S2/c1-28(24,25)20-11-7-18(8-12-20)23(15-16-3-5-17(22)6-4-16)19-9-13-21(14-10-19)29(2,26)27/h3-14H,15H2,1-2H3. The summed E-state index contributed by atoms with van der Waals surface area (Å²) in [6, 6.07) is 18.9. The number of anilines is 2. The summed E-state index contributed by atoms with van der Waals surface area (Å²) in [5.74, 6) is -0.338. The van der Waals surface area contributed by atoms with Gasteiger partial charge in [0.05, 0.1) is 9.79 Å². The maximum Gasteiger partial charge on any atom is 0.175 e. The molecule has 0 radical (unpaired) electrons. The van der Waals surface area contributed by atoms with Gasteiger partial charge in [0.25, 0.3) is 0 Å². The first kappa shape index (κ1) is 21.0. The van der Waals surface area contributed by atoms with Crippen LogP contribution in [0.15, 0.2) is 82.6 Å². The first-order valence-electron chi connectivity index (χ1n) is 8.66. The van der Waals surface area contributed by atoms with Gasteiger partial charge in [0.15, 0.2) is 19.7 Å². The Morgan fingerprint density at radius 3 is 1.38 bits per heavy atom. The summed E-state index contributed by atoms with van der Waals surface area (Å²) < 4.78 is 60.2. The van der Waals surface area contributed by atoms with Gasteiger partial charge in [-0.2, -0.15) is 0 Å². The maximum absolute atomic E-state index is 13.3. The Kier molecular flexibility index (Phi) is 5.77. The Morgan fingerprint density at radius 1 is 0.655 bits per heavy atom. The molecule has 0 aliphatic rings. The van der Waals surface area contributed by atoms with Crippen molar-refractivity contribution in [3.63, 3.8) is 0 Å². The van der Waals surface area contributed by atoms with Crippen molar-refractivity contribution in [3.8, 4) is 0 Å². The molecule has 8 heteroatoms. The lowest BCUT2D eigenvalue weighted by atomic mass is 10.1. The molecule has 152 valence electrons. The first-order valence-corrected chi connectivity index (χ1v) is 12.4. The van der Waals surface area contributed by atoms with E-state index in [-0.39, 0.29) is 15.6 Å². The molecule has 0 aliphatic heterocycles. The minimum absolute atomic E-state index is 0.204. The topological polar surface area (TPSA) is 71.5 Å². The van der Waals surface area contributed by atoms with Gasteiger partial charge in [0.1, 0.15) is 5.82 Å². The van der Waals surface area contributed by atoms with E-state index >= 15 is 0 Å². The summed E-state index contributed by atoms with van der Waals surface area (Å²) in [7, 11) is -6.64. The normalized spacial score (nSPS) is 12.0. The fourth-order valence-electron chi connectivity index (χ4n) is 2.85. The first-order chi connectivity index (χ1) is 13.5. The average molecular weight is 434 g/mol. The molecular formula is C21H20FNO4S2. The van der Waals surface area contributed by atoms with Gasteiger partial charge in [-0.3, -0.25) is 0 Å². The van der Waals surface area contributed by atoms with Crippen LogP contribution in [0.3, 0.4) is 0 Å². The van der Waals surface area contributed by atoms with Gasteiger partial charge in [0.2, 0.25) is 0 Å². The van der Waals surface area contributed by atoms with Crippen LogP contribution in [0.25, 0.3) is 0 Å². The second kappa shape index (κ2) is 7.96. The van der Waals surface area contributed by atoms with E-state index in [1.165, 1.54) is 36.4 Å². The highest BCUT2D eigenvalue weighted by atomic mass is 32.2. The van der Waals surface area contributed by atoms with E-state index in [0.29, 0.717) is 17.9 Å². The molecule has 0 aliphatic carbocycles.